The fraction of sp³-hybridized carbons (Fsp3) is 0.231. The third kappa shape index (κ3) is 4.73. The largest absolute Gasteiger partial charge is 0.494 e. The van der Waals surface area contributed by atoms with Crippen LogP contribution in [-0.2, 0) is 14.3 Å². The third-order valence-electron chi connectivity index (χ3n) is 6.15. The van der Waals surface area contributed by atoms with Crippen LogP contribution in [0.15, 0.2) is 53.9 Å². The van der Waals surface area contributed by atoms with E-state index < -0.39 is 18.7 Å². The molecular formula is C26H24N8O5S. The minimum absolute atomic E-state index is 0.186. The zero-order chi connectivity index (χ0) is 27.6. The highest BCUT2D eigenvalue weighted by Gasteiger charge is 2.22. The number of hydrogen-bond acceptors (Lipinski definition) is 11. The zero-order valence-corrected chi connectivity index (χ0v) is 22.4. The van der Waals surface area contributed by atoms with Crippen LogP contribution in [-0.4, -0.2) is 74.0 Å². The Morgan fingerprint density at radius 1 is 1.18 bits per heavy atom. The van der Waals surface area contributed by atoms with Gasteiger partial charge in [0, 0.05) is 41.8 Å². The van der Waals surface area contributed by atoms with Gasteiger partial charge in [0.2, 0.25) is 0 Å². The van der Waals surface area contributed by atoms with Gasteiger partial charge in [0.15, 0.2) is 18.1 Å². The average Bonchev–Trinajstić information content (AvgIpc) is 3.57. The molecule has 1 aromatic carbocycles. The Balaban J connectivity index is 1.46. The van der Waals surface area contributed by atoms with Crippen LogP contribution >= 0.6 is 11.8 Å². The van der Waals surface area contributed by atoms with E-state index in [-0.39, 0.29) is 12.4 Å². The number of methoxy groups -OCH3 is 1. The lowest BCUT2D eigenvalue weighted by molar-refractivity contribution is -0.146. The van der Waals surface area contributed by atoms with Crippen LogP contribution in [0.1, 0.15) is 6.92 Å². The van der Waals surface area contributed by atoms with Crippen molar-refractivity contribution in [2.45, 2.75) is 11.8 Å². The van der Waals surface area contributed by atoms with E-state index in [1.807, 2.05) is 24.4 Å². The van der Waals surface area contributed by atoms with Gasteiger partial charge in [-0.25, -0.2) is 23.8 Å². The summed E-state index contributed by atoms with van der Waals surface area (Å²) in [7, 11) is 1.59. The maximum Gasteiger partial charge on any atom is 0.413 e. The summed E-state index contributed by atoms with van der Waals surface area (Å²) in [5.74, 6) is 1.07. The van der Waals surface area contributed by atoms with Crippen LogP contribution in [0, 0.1) is 0 Å². The molecule has 1 aliphatic rings. The Morgan fingerprint density at radius 2 is 2.08 bits per heavy atom. The highest BCUT2D eigenvalue weighted by molar-refractivity contribution is 7.99. The molecule has 4 aromatic heterocycles. The summed E-state index contributed by atoms with van der Waals surface area (Å²) in [5.41, 5.74) is 4.30. The number of carbonyl (C=O) groups is 2. The van der Waals surface area contributed by atoms with Gasteiger partial charge in [0.1, 0.15) is 11.4 Å². The molecule has 0 bridgehead atoms. The number of carbonyl (C=O) groups excluding carboxylic acids is 2. The Bertz CT molecular complexity index is 1750. The van der Waals surface area contributed by atoms with Gasteiger partial charge in [0.05, 0.1) is 47.8 Å². The van der Waals surface area contributed by atoms with E-state index >= 15 is 0 Å². The highest BCUT2D eigenvalue weighted by atomic mass is 32.2. The van der Waals surface area contributed by atoms with Crippen molar-refractivity contribution >= 4 is 51.9 Å². The Kier molecular flexibility index (Phi) is 6.82. The van der Waals surface area contributed by atoms with Gasteiger partial charge in [-0.1, -0.05) is 0 Å². The summed E-state index contributed by atoms with van der Waals surface area (Å²) < 4.78 is 18.9. The van der Waals surface area contributed by atoms with Crippen LogP contribution in [0.5, 0.6) is 5.75 Å². The van der Waals surface area contributed by atoms with E-state index in [9.17, 15) is 9.59 Å². The first-order valence-corrected chi connectivity index (χ1v) is 13.4. The second-order valence-electron chi connectivity index (χ2n) is 8.59. The molecule has 2 N–H and O–H groups in total. The molecule has 0 unspecified atom stereocenters. The predicted octanol–water partition coefficient (Wildman–Crippen LogP) is 3.77. The highest BCUT2D eigenvalue weighted by Crippen LogP contribution is 2.40. The number of hydrogen-bond donors (Lipinski definition) is 2. The van der Waals surface area contributed by atoms with E-state index in [1.54, 1.807) is 59.6 Å². The Morgan fingerprint density at radius 3 is 2.92 bits per heavy atom. The maximum absolute atomic E-state index is 12.6. The van der Waals surface area contributed by atoms with Gasteiger partial charge in [-0.2, -0.15) is 5.10 Å². The number of aromatic nitrogens is 6. The Labute approximate surface area is 231 Å². The first-order valence-electron chi connectivity index (χ1n) is 12.4. The zero-order valence-electron chi connectivity index (χ0n) is 21.6. The fourth-order valence-electron chi connectivity index (χ4n) is 4.38. The lowest BCUT2D eigenvalue weighted by Crippen LogP contribution is -2.20. The molecule has 1 aliphatic heterocycles. The molecule has 204 valence electrons. The molecule has 0 saturated heterocycles. The number of ether oxygens (including phenoxy) is 3. The van der Waals surface area contributed by atoms with Crippen molar-refractivity contribution in [1.82, 2.24) is 29.4 Å². The van der Waals surface area contributed by atoms with Crippen molar-refractivity contribution in [2.24, 2.45) is 0 Å². The molecular weight excluding hydrogens is 536 g/mol. The lowest BCUT2D eigenvalue weighted by atomic mass is 10.2. The summed E-state index contributed by atoms with van der Waals surface area (Å²) in [4.78, 5) is 34.3. The van der Waals surface area contributed by atoms with Crippen molar-refractivity contribution in [3.63, 3.8) is 0 Å². The maximum atomic E-state index is 12.6. The first kappa shape index (κ1) is 25.4. The summed E-state index contributed by atoms with van der Waals surface area (Å²) in [6, 6.07) is 7.58. The van der Waals surface area contributed by atoms with E-state index in [1.165, 1.54) is 0 Å². The van der Waals surface area contributed by atoms with Gasteiger partial charge in [-0.05, 0) is 25.1 Å². The normalized spacial score (nSPS) is 12.6. The van der Waals surface area contributed by atoms with Gasteiger partial charge in [-0.15, -0.1) is 16.9 Å². The molecule has 13 nitrogen and oxygen atoms in total. The van der Waals surface area contributed by atoms with Crippen LogP contribution in [0.2, 0.25) is 0 Å². The number of esters is 1. The van der Waals surface area contributed by atoms with Gasteiger partial charge in [-0.3, -0.25) is 10.3 Å². The number of nitrogens with zero attached hydrogens (tertiary/aromatic N) is 6. The molecule has 0 aliphatic carbocycles. The average molecular weight is 561 g/mol. The van der Waals surface area contributed by atoms with E-state index in [4.69, 9.17) is 19.3 Å². The molecule has 6 rings (SSSR count). The molecule has 1 amide bonds. The van der Waals surface area contributed by atoms with Gasteiger partial charge >= 0.3 is 12.1 Å². The molecule has 40 heavy (non-hydrogen) atoms. The van der Waals surface area contributed by atoms with E-state index in [0.717, 1.165) is 28.4 Å². The quantitative estimate of drug-likeness (QED) is 0.280. The third-order valence-corrected chi connectivity index (χ3v) is 7.21. The fourth-order valence-corrected chi connectivity index (χ4v) is 5.29. The first-order chi connectivity index (χ1) is 19.6. The molecule has 0 fully saturated rings. The van der Waals surface area contributed by atoms with Crippen LogP contribution in [0.4, 0.5) is 16.3 Å². The number of anilines is 2. The number of amides is 1. The van der Waals surface area contributed by atoms with Crippen LogP contribution in [0.25, 0.3) is 33.5 Å². The van der Waals surface area contributed by atoms with E-state index in [2.05, 4.69) is 25.7 Å². The molecule has 0 spiro atoms. The van der Waals surface area contributed by atoms with Gasteiger partial charge < -0.3 is 19.5 Å². The summed E-state index contributed by atoms with van der Waals surface area (Å²) in [5, 5.41) is 15.7. The molecule has 0 radical (unpaired) electrons. The van der Waals surface area contributed by atoms with Crippen LogP contribution in [0.3, 0.4) is 0 Å². The molecule has 0 atom stereocenters. The molecule has 5 heterocycles. The molecule has 14 heteroatoms. The summed E-state index contributed by atoms with van der Waals surface area (Å²) in [6.45, 7) is 2.19. The summed E-state index contributed by atoms with van der Waals surface area (Å²) >= 11 is 1.73. The predicted molar refractivity (Wildman–Crippen MR) is 148 cm³/mol. The number of rotatable bonds is 7. The minimum atomic E-state index is -0.854. The van der Waals surface area contributed by atoms with Crippen molar-refractivity contribution in [3.05, 3.63) is 49.1 Å². The topological polar surface area (TPSA) is 147 Å². The summed E-state index contributed by atoms with van der Waals surface area (Å²) in [6.07, 6.45) is 5.96. The second-order valence-corrected chi connectivity index (χ2v) is 9.73. The molecule has 5 aromatic rings. The lowest BCUT2D eigenvalue weighted by Gasteiger charge is -2.20. The van der Waals surface area contributed by atoms with Crippen molar-refractivity contribution in [1.29, 1.82) is 0 Å². The number of thioether (sulfide) groups is 1. The van der Waals surface area contributed by atoms with Crippen molar-refractivity contribution < 1.29 is 23.8 Å². The van der Waals surface area contributed by atoms with Crippen molar-refractivity contribution in [3.8, 4) is 22.7 Å². The number of pyridine rings is 1. The standard InChI is InChI=1S/C26H24N8O5S/c1-3-38-23(35)14-39-26(36)31-24-16-12-29-17(15-13-30-33-7-4-5-28-25(15)33)9-19(16)34(32-24)20-11-22-18(10-21(20)37-2)27-6-8-40-22/h4-5,7,9-13,27H,3,6,8,14H2,1-2H3,(H,31,32,36). The van der Waals surface area contributed by atoms with Gasteiger partial charge in [0.25, 0.3) is 0 Å². The second kappa shape index (κ2) is 10.7. The number of benzene rings is 1. The van der Waals surface area contributed by atoms with Crippen molar-refractivity contribution in [2.75, 3.05) is 43.3 Å². The monoisotopic (exact) mass is 560 g/mol. The number of nitrogens with one attached hydrogen (secondary N) is 2. The van der Waals surface area contributed by atoms with Crippen LogP contribution < -0.4 is 15.4 Å². The number of fused-ring (bicyclic) bond motifs is 3. The van der Waals surface area contributed by atoms with E-state index in [0.29, 0.717) is 33.7 Å². The smallest absolute Gasteiger partial charge is 0.413 e. The SMILES string of the molecule is CCOC(=O)COC(=O)Nc1nn(-c2cc3c(cc2OC)NCCS3)c2cc(-c3cnn4cccnc34)ncc12. The Hall–Kier alpha value is -4.85. The minimum Gasteiger partial charge on any atom is -0.494 e. The molecule has 0 saturated carbocycles.